The maximum Gasteiger partial charge on any atom is 0.119 e. The largest absolute Gasteiger partial charge is 0.494 e. The lowest BCUT2D eigenvalue weighted by molar-refractivity contribution is -0.179. The minimum atomic E-state index is -0.571. The Labute approximate surface area is 121 Å². The molecule has 2 nitrogen and oxygen atoms in total. The highest BCUT2D eigenvalue weighted by Crippen LogP contribution is 2.61. The standard InChI is InChI=1S/C18H24O2/c1-2-20-17-5-3-14(4-6-17)18(19)15-8-12-7-13(10-15)11-16(18)9-12/h3-6,12-13,15-16,19H,2,7-11H2,1H3. The third-order valence-electron chi connectivity index (χ3n) is 6.01. The third kappa shape index (κ3) is 1.74. The van der Waals surface area contributed by atoms with E-state index in [-0.39, 0.29) is 0 Å². The molecule has 0 radical (unpaired) electrons. The van der Waals surface area contributed by atoms with Crippen LogP contribution in [0, 0.1) is 23.7 Å². The minimum Gasteiger partial charge on any atom is -0.494 e. The predicted molar refractivity (Wildman–Crippen MR) is 78.6 cm³/mol. The summed E-state index contributed by atoms with van der Waals surface area (Å²) in [6, 6.07) is 8.21. The van der Waals surface area contributed by atoms with Gasteiger partial charge in [0, 0.05) is 0 Å². The van der Waals surface area contributed by atoms with Crippen LogP contribution in [-0.2, 0) is 5.60 Å². The molecule has 1 aromatic rings. The Bertz CT molecular complexity index is 463. The molecule has 0 atom stereocenters. The van der Waals surface area contributed by atoms with E-state index in [1.807, 2.05) is 19.1 Å². The molecule has 20 heavy (non-hydrogen) atoms. The SMILES string of the molecule is CCOc1ccc(C2(O)C3CC4CC(C3)CC2C4)cc1. The number of rotatable bonds is 3. The molecule has 4 fully saturated rings. The van der Waals surface area contributed by atoms with Crippen molar-refractivity contribution >= 4 is 0 Å². The van der Waals surface area contributed by atoms with Crippen LogP contribution in [0.3, 0.4) is 0 Å². The minimum absolute atomic E-state index is 0.483. The van der Waals surface area contributed by atoms with Crippen LogP contribution in [0.2, 0.25) is 0 Å². The van der Waals surface area contributed by atoms with Crippen molar-refractivity contribution in [2.75, 3.05) is 6.61 Å². The Balaban J connectivity index is 1.66. The summed E-state index contributed by atoms with van der Waals surface area (Å²) in [7, 11) is 0. The molecule has 0 spiro atoms. The van der Waals surface area contributed by atoms with Gasteiger partial charge in [-0.05, 0) is 80.4 Å². The number of benzene rings is 1. The summed E-state index contributed by atoms with van der Waals surface area (Å²) in [6.45, 7) is 2.69. The van der Waals surface area contributed by atoms with Crippen LogP contribution in [0.25, 0.3) is 0 Å². The van der Waals surface area contributed by atoms with Crippen LogP contribution in [-0.4, -0.2) is 11.7 Å². The molecule has 1 aromatic carbocycles. The van der Waals surface area contributed by atoms with Crippen molar-refractivity contribution in [3.8, 4) is 5.75 Å². The molecule has 2 heteroatoms. The first-order valence-electron chi connectivity index (χ1n) is 8.15. The van der Waals surface area contributed by atoms with Gasteiger partial charge in [0.2, 0.25) is 0 Å². The Hall–Kier alpha value is -1.02. The summed E-state index contributed by atoms with van der Waals surface area (Å²) in [5.41, 5.74) is 0.549. The molecule has 0 aliphatic heterocycles. The van der Waals surface area contributed by atoms with Gasteiger partial charge in [0.05, 0.1) is 12.2 Å². The lowest BCUT2D eigenvalue weighted by Gasteiger charge is -2.59. The van der Waals surface area contributed by atoms with Crippen molar-refractivity contribution in [3.05, 3.63) is 29.8 Å². The number of hydrogen-bond donors (Lipinski definition) is 1. The highest BCUT2D eigenvalue weighted by Gasteiger charge is 2.57. The molecular weight excluding hydrogens is 248 g/mol. The zero-order chi connectivity index (χ0) is 13.7. The molecule has 0 amide bonds. The summed E-state index contributed by atoms with van der Waals surface area (Å²) >= 11 is 0. The second kappa shape index (κ2) is 4.49. The summed E-state index contributed by atoms with van der Waals surface area (Å²) in [5, 5.41) is 11.4. The van der Waals surface area contributed by atoms with Crippen LogP contribution in [0.1, 0.15) is 44.6 Å². The van der Waals surface area contributed by atoms with Crippen LogP contribution < -0.4 is 4.74 Å². The fraction of sp³-hybridized carbons (Fsp3) is 0.667. The van der Waals surface area contributed by atoms with E-state index >= 15 is 0 Å². The normalized spacial score (nSPS) is 41.9. The van der Waals surface area contributed by atoms with Gasteiger partial charge < -0.3 is 9.84 Å². The molecule has 0 saturated heterocycles. The van der Waals surface area contributed by atoms with Crippen molar-refractivity contribution in [1.29, 1.82) is 0 Å². The van der Waals surface area contributed by atoms with E-state index in [1.54, 1.807) is 0 Å². The van der Waals surface area contributed by atoms with E-state index in [4.69, 9.17) is 4.74 Å². The second-order valence-corrected chi connectivity index (χ2v) is 7.09. The van der Waals surface area contributed by atoms with E-state index in [0.717, 1.165) is 23.1 Å². The number of hydrogen-bond acceptors (Lipinski definition) is 2. The Morgan fingerprint density at radius 2 is 1.55 bits per heavy atom. The molecule has 0 unspecified atom stereocenters. The molecule has 4 aliphatic carbocycles. The molecule has 5 rings (SSSR count). The summed E-state index contributed by atoms with van der Waals surface area (Å²) in [5.74, 6) is 3.65. The maximum atomic E-state index is 11.4. The molecule has 4 saturated carbocycles. The van der Waals surface area contributed by atoms with Gasteiger partial charge in [0.25, 0.3) is 0 Å². The average Bonchev–Trinajstić information content (AvgIpc) is 2.45. The first-order chi connectivity index (χ1) is 9.70. The van der Waals surface area contributed by atoms with E-state index in [0.29, 0.717) is 18.4 Å². The van der Waals surface area contributed by atoms with Gasteiger partial charge in [-0.25, -0.2) is 0 Å². The van der Waals surface area contributed by atoms with E-state index in [2.05, 4.69) is 12.1 Å². The second-order valence-electron chi connectivity index (χ2n) is 7.09. The molecule has 0 aromatic heterocycles. The lowest BCUT2D eigenvalue weighted by atomic mass is 9.48. The van der Waals surface area contributed by atoms with Gasteiger partial charge in [-0.15, -0.1) is 0 Å². The van der Waals surface area contributed by atoms with E-state index in [1.165, 1.54) is 32.1 Å². The fourth-order valence-corrected chi connectivity index (χ4v) is 5.36. The molecule has 108 valence electrons. The van der Waals surface area contributed by atoms with Gasteiger partial charge in [0.15, 0.2) is 0 Å². The average molecular weight is 272 g/mol. The zero-order valence-electron chi connectivity index (χ0n) is 12.2. The van der Waals surface area contributed by atoms with Crippen molar-refractivity contribution in [2.45, 2.75) is 44.6 Å². The Morgan fingerprint density at radius 3 is 2.05 bits per heavy atom. The van der Waals surface area contributed by atoms with Crippen LogP contribution in [0.5, 0.6) is 5.75 Å². The van der Waals surface area contributed by atoms with Gasteiger partial charge in [-0.2, -0.15) is 0 Å². The monoisotopic (exact) mass is 272 g/mol. The lowest BCUT2D eigenvalue weighted by Crippen LogP contribution is -2.55. The third-order valence-corrected chi connectivity index (χ3v) is 6.01. The van der Waals surface area contributed by atoms with Crippen LogP contribution >= 0.6 is 0 Å². The van der Waals surface area contributed by atoms with E-state index in [9.17, 15) is 5.11 Å². The van der Waals surface area contributed by atoms with Crippen molar-refractivity contribution in [1.82, 2.24) is 0 Å². The van der Waals surface area contributed by atoms with Crippen molar-refractivity contribution in [3.63, 3.8) is 0 Å². The summed E-state index contributed by atoms with van der Waals surface area (Å²) < 4.78 is 5.52. The van der Waals surface area contributed by atoms with Crippen molar-refractivity contribution < 1.29 is 9.84 Å². The first kappa shape index (κ1) is 12.7. The van der Waals surface area contributed by atoms with Gasteiger partial charge in [-0.3, -0.25) is 0 Å². The number of aliphatic hydroxyl groups is 1. The van der Waals surface area contributed by atoms with E-state index < -0.39 is 5.60 Å². The quantitative estimate of drug-likeness (QED) is 0.908. The smallest absolute Gasteiger partial charge is 0.119 e. The van der Waals surface area contributed by atoms with Gasteiger partial charge in [0.1, 0.15) is 5.75 Å². The van der Waals surface area contributed by atoms with Crippen LogP contribution in [0.15, 0.2) is 24.3 Å². The topological polar surface area (TPSA) is 29.5 Å². The summed E-state index contributed by atoms with van der Waals surface area (Å²) in [6.07, 6.45) is 6.35. The molecule has 4 aliphatic rings. The highest BCUT2D eigenvalue weighted by atomic mass is 16.5. The maximum absolute atomic E-state index is 11.4. The molecule has 0 heterocycles. The zero-order valence-corrected chi connectivity index (χ0v) is 12.2. The molecule has 4 bridgehead atoms. The first-order valence-corrected chi connectivity index (χ1v) is 8.15. The number of ether oxygens (including phenoxy) is 1. The highest BCUT2D eigenvalue weighted by molar-refractivity contribution is 5.33. The molecular formula is C18H24O2. The molecule has 1 N–H and O–H groups in total. The van der Waals surface area contributed by atoms with Crippen LogP contribution in [0.4, 0.5) is 0 Å². The Morgan fingerprint density at radius 1 is 1.00 bits per heavy atom. The fourth-order valence-electron chi connectivity index (χ4n) is 5.36. The Kier molecular flexibility index (Phi) is 2.85. The van der Waals surface area contributed by atoms with Gasteiger partial charge >= 0.3 is 0 Å². The van der Waals surface area contributed by atoms with Gasteiger partial charge in [-0.1, -0.05) is 12.1 Å². The predicted octanol–water partition coefficient (Wildman–Crippen LogP) is 3.73. The summed E-state index contributed by atoms with van der Waals surface area (Å²) in [4.78, 5) is 0. The van der Waals surface area contributed by atoms with Crippen molar-refractivity contribution in [2.24, 2.45) is 23.7 Å².